The molecule has 0 spiro atoms. The van der Waals surface area contributed by atoms with Gasteiger partial charge in [0.05, 0.1) is 0 Å². The van der Waals surface area contributed by atoms with Gasteiger partial charge in [0.2, 0.25) is 5.91 Å². The summed E-state index contributed by atoms with van der Waals surface area (Å²) in [6.45, 7) is 8.18. The number of rotatable bonds is 2. The Bertz CT molecular complexity index is 336. The number of aryl methyl sites for hydroxylation is 1. The first-order chi connectivity index (χ1) is 6.89. The van der Waals surface area contributed by atoms with Gasteiger partial charge in [-0.3, -0.25) is 9.78 Å². The maximum atomic E-state index is 11.6. The Kier molecular flexibility index (Phi) is 3.45. The van der Waals surface area contributed by atoms with Crippen LogP contribution in [0.15, 0.2) is 18.3 Å². The summed E-state index contributed by atoms with van der Waals surface area (Å²) in [7, 11) is 0. The second kappa shape index (κ2) is 4.43. The Morgan fingerprint density at radius 2 is 2.07 bits per heavy atom. The average Bonchev–Trinajstić information content (AvgIpc) is 2.15. The Labute approximate surface area is 90.9 Å². The van der Waals surface area contributed by atoms with Gasteiger partial charge in [0, 0.05) is 23.9 Å². The summed E-state index contributed by atoms with van der Waals surface area (Å²) in [5, 5.41) is 2.88. The Balaban J connectivity index is 2.51. The van der Waals surface area contributed by atoms with Crippen LogP contribution < -0.4 is 5.32 Å². The standard InChI is InChI=1S/C12H18N2O/c1-9-5-6-10(7-13-9)8-14-11(15)12(2,3)4/h5-7H,8H2,1-4H3,(H,14,15). The van der Waals surface area contributed by atoms with Crippen molar-refractivity contribution in [2.45, 2.75) is 34.2 Å². The Morgan fingerprint density at radius 3 is 2.53 bits per heavy atom. The molecular weight excluding hydrogens is 188 g/mol. The molecule has 1 N–H and O–H groups in total. The molecule has 0 bridgehead atoms. The Morgan fingerprint density at radius 1 is 1.40 bits per heavy atom. The third-order valence-corrected chi connectivity index (χ3v) is 2.11. The van der Waals surface area contributed by atoms with Crippen LogP contribution in [0, 0.1) is 12.3 Å². The predicted octanol–water partition coefficient (Wildman–Crippen LogP) is 2.05. The van der Waals surface area contributed by atoms with Crippen molar-refractivity contribution in [1.29, 1.82) is 0 Å². The van der Waals surface area contributed by atoms with E-state index in [1.165, 1.54) is 0 Å². The van der Waals surface area contributed by atoms with Gasteiger partial charge in [0.15, 0.2) is 0 Å². The van der Waals surface area contributed by atoms with Gasteiger partial charge in [-0.05, 0) is 18.6 Å². The molecule has 0 saturated carbocycles. The monoisotopic (exact) mass is 206 g/mol. The zero-order chi connectivity index (χ0) is 11.5. The zero-order valence-corrected chi connectivity index (χ0v) is 9.79. The van der Waals surface area contributed by atoms with E-state index in [4.69, 9.17) is 0 Å². The molecule has 1 amide bonds. The smallest absolute Gasteiger partial charge is 0.225 e. The first-order valence-electron chi connectivity index (χ1n) is 5.09. The molecule has 1 rings (SSSR count). The summed E-state index contributed by atoms with van der Waals surface area (Å²) in [6.07, 6.45) is 1.79. The minimum atomic E-state index is -0.335. The van der Waals surface area contributed by atoms with E-state index in [0.717, 1.165) is 11.3 Å². The quantitative estimate of drug-likeness (QED) is 0.804. The third-order valence-electron chi connectivity index (χ3n) is 2.11. The molecule has 0 fully saturated rings. The summed E-state index contributed by atoms with van der Waals surface area (Å²) in [6, 6.07) is 3.92. The van der Waals surface area contributed by atoms with Crippen LogP contribution in [0.3, 0.4) is 0 Å². The van der Waals surface area contributed by atoms with Crippen LogP contribution in [0.4, 0.5) is 0 Å². The van der Waals surface area contributed by atoms with E-state index in [-0.39, 0.29) is 11.3 Å². The molecular formula is C12H18N2O. The molecule has 1 aromatic rings. The van der Waals surface area contributed by atoms with Crippen LogP contribution in [0.1, 0.15) is 32.0 Å². The molecule has 0 aliphatic heterocycles. The first-order valence-corrected chi connectivity index (χ1v) is 5.09. The molecule has 15 heavy (non-hydrogen) atoms. The maximum Gasteiger partial charge on any atom is 0.225 e. The fourth-order valence-electron chi connectivity index (χ4n) is 1.05. The van der Waals surface area contributed by atoms with Gasteiger partial charge in [-0.1, -0.05) is 26.8 Å². The lowest BCUT2D eigenvalue weighted by Gasteiger charge is -2.17. The van der Waals surface area contributed by atoms with Crippen LogP contribution in [0.25, 0.3) is 0 Å². The van der Waals surface area contributed by atoms with Gasteiger partial charge >= 0.3 is 0 Å². The van der Waals surface area contributed by atoms with E-state index in [1.54, 1.807) is 6.20 Å². The molecule has 0 saturated heterocycles. The second-order valence-corrected chi connectivity index (χ2v) is 4.74. The molecule has 1 heterocycles. The number of amides is 1. The van der Waals surface area contributed by atoms with Gasteiger partial charge < -0.3 is 5.32 Å². The van der Waals surface area contributed by atoms with E-state index >= 15 is 0 Å². The third kappa shape index (κ3) is 3.70. The fraction of sp³-hybridized carbons (Fsp3) is 0.500. The molecule has 0 atom stereocenters. The maximum absolute atomic E-state index is 11.6. The minimum Gasteiger partial charge on any atom is -0.352 e. The van der Waals surface area contributed by atoms with Crippen LogP contribution >= 0.6 is 0 Å². The number of pyridine rings is 1. The highest BCUT2D eigenvalue weighted by Crippen LogP contribution is 2.12. The van der Waals surface area contributed by atoms with E-state index in [9.17, 15) is 4.79 Å². The number of aromatic nitrogens is 1. The highest BCUT2D eigenvalue weighted by molar-refractivity contribution is 5.81. The lowest BCUT2D eigenvalue weighted by molar-refractivity contribution is -0.128. The van der Waals surface area contributed by atoms with E-state index < -0.39 is 0 Å². The number of carbonyl (C=O) groups is 1. The summed E-state index contributed by atoms with van der Waals surface area (Å²) in [4.78, 5) is 15.7. The summed E-state index contributed by atoms with van der Waals surface area (Å²) in [5.41, 5.74) is 1.68. The van der Waals surface area contributed by atoms with Crippen molar-refractivity contribution in [2.24, 2.45) is 5.41 Å². The molecule has 0 aliphatic carbocycles. The summed E-state index contributed by atoms with van der Waals surface area (Å²) < 4.78 is 0. The van der Waals surface area contributed by atoms with Crippen molar-refractivity contribution in [3.05, 3.63) is 29.6 Å². The molecule has 1 aromatic heterocycles. The molecule has 82 valence electrons. The fourth-order valence-corrected chi connectivity index (χ4v) is 1.05. The number of nitrogens with zero attached hydrogens (tertiary/aromatic N) is 1. The highest BCUT2D eigenvalue weighted by atomic mass is 16.2. The molecule has 0 aromatic carbocycles. The van der Waals surface area contributed by atoms with Crippen molar-refractivity contribution in [1.82, 2.24) is 10.3 Å². The number of hydrogen-bond acceptors (Lipinski definition) is 2. The van der Waals surface area contributed by atoms with Crippen molar-refractivity contribution >= 4 is 5.91 Å². The lowest BCUT2D eigenvalue weighted by Crippen LogP contribution is -2.34. The molecule has 0 radical (unpaired) electrons. The van der Waals surface area contributed by atoms with E-state index in [1.807, 2.05) is 39.8 Å². The minimum absolute atomic E-state index is 0.0584. The van der Waals surface area contributed by atoms with Gasteiger partial charge in [0.1, 0.15) is 0 Å². The van der Waals surface area contributed by atoms with Crippen LogP contribution in [-0.4, -0.2) is 10.9 Å². The van der Waals surface area contributed by atoms with Crippen molar-refractivity contribution in [3.8, 4) is 0 Å². The van der Waals surface area contributed by atoms with Gasteiger partial charge in [0.25, 0.3) is 0 Å². The average molecular weight is 206 g/mol. The number of nitrogens with one attached hydrogen (secondary N) is 1. The topological polar surface area (TPSA) is 42.0 Å². The Hall–Kier alpha value is -1.38. The second-order valence-electron chi connectivity index (χ2n) is 4.74. The summed E-state index contributed by atoms with van der Waals surface area (Å²) in [5.74, 6) is 0.0584. The van der Waals surface area contributed by atoms with Gasteiger partial charge in [-0.25, -0.2) is 0 Å². The lowest BCUT2D eigenvalue weighted by atomic mass is 9.96. The normalized spacial score (nSPS) is 11.2. The van der Waals surface area contributed by atoms with E-state index in [2.05, 4.69) is 10.3 Å². The number of hydrogen-bond donors (Lipinski definition) is 1. The first kappa shape index (κ1) is 11.7. The van der Waals surface area contributed by atoms with Gasteiger partial charge in [-0.2, -0.15) is 0 Å². The molecule has 0 unspecified atom stereocenters. The summed E-state index contributed by atoms with van der Waals surface area (Å²) >= 11 is 0. The van der Waals surface area contributed by atoms with Crippen molar-refractivity contribution < 1.29 is 4.79 Å². The molecule has 0 aliphatic rings. The number of carbonyl (C=O) groups excluding carboxylic acids is 1. The zero-order valence-electron chi connectivity index (χ0n) is 9.79. The highest BCUT2D eigenvalue weighted by Gasteiger charge is 2.20. The van der Waals surface area contributed by atoms with E-state index in [0.29, 0.717) is 6.54 Å². The van der Waals surface area contributed by atoms with Gasteiger partial charge in [-0.15, -0.1) is 0 Å². The van der Waals surface area contributed by atoms with Crippen LogP contribution in [0.2, 0.25) is 0 Å². The predicted molar refractivity (Wildman–Crippen MR) is 60.3 cm³/mol. The largest absolute Gasteiger partial charge is 0.352 e. The van der Waals surface area contributed by atoms with Crippen molar-refractivity contribution in [2.75, 3.05) is 0 Å². The molecule has 3 nitrogen and oxygen atoms in total. The SMILES string of the molecule is Cc1ccc(CNC(=O)C(C)(C)C)cn1. The van der Waals surface area contributed by atoms with Crippen molar-refractivity contribution in [3.63, 3.8) is 0 Å². The molecule has 3 heteroatoms. The van der Waals surface area contributed by atoms with Crippen LogP contribution in [0.5, 0.6) is 0 Å². The van der Waals surface area contributed by atoms with Crippen LogP contribution in [-0.2, 0) is 11.3 Å².